The molecule has 7 heteroatoms. The van der Waals surface area contributed by atoms with Crippen molar-refractivity contribution in [1.82, 2.24) is 9.78 Å². The van der Waals surface area contributed by atoms with Crippen molar-refractivity contribution in [3.8, 4) is 5.75 Å². The molecule has 24 heavy (non-hydrogen) atoms. The molecule has 1 aliphatic carbocycles. The second-order valence-electron chi connectivity index (χ2n) is 6.29. The van der Waals surface area contributed by atoms with Gasteiger partial charge >= 0.3 is 0 Å². The molecular formula is C17H23N3O3S. The van der Waals surface area contributed by atoms with E-state index in [0.29, 0.717) is 24.0 Å². The van der Waals surface area contributed by atoms with Crippen LogP contribution in [0.4, 0.5) is 5.69 Å². The van der Waals surface area contributed by atoms with E-state index in [9.17, 15) is 8.42 Å². The lowest BCUT2D eigenvalue weighted by Crippen LogP contribution is -2.15. The molecule has 1 aromatic heterocycles. The number of anilines is 1. The minimum atomic E-state index is -3.61. The van der Waals surface area contributed by atoms with Gasteiger partial charge in [-0.2, -0.15) is 5.10 Å². The number of sulfonamides is 1. The maximum absolute atomic E-state index is 12.3. The minimum Gasteiger partial charge on any atom is -0.493 e. The van der Waals surface area contributed by atoms with Gasteiger partial charge in [0, 0.05) is 13.2 Å². The standard InChI is InChI=1S/C17H23N3O3S/c1-20-12-15(11-18-20)19-24(21,22)17-9-7-16(8-10-17)23-13-14-5-3-2-4-6-14/h7-12,14,19H,2-6,13H2,1H3. The summed E-state index contributed by atoms with van der Waals surface area (Å²) in [4.78, 5) is 0.205. The van der Waals surface area contributed by atoms with Crippen LogP contribution in [-0.4, -0.2) is 24.8 Å². The highest BCUT2D eigenvalue weighted by Crippen LogP contribution is 2.25. The van der Waals surface area contributed by atoms with Crippen molar-refractivity contribution in [3.63, 3.8) is 0 Å². The van der Waals surface area contributed by atoms with Gasteiger partial charge in [-0.05, 0) is 43.0 Å². The molecule has 1 saturated carbocycles. The van der Waals surface area contributed by atoms with Gasteiger partial charge in [0.2, 0.25) is 0 Å². The maximum atomic E-state index is 12.3. The molecule has 0 spiro atoms. The molecule has 1 N–H and O–H groups in total. The fourth-order valence-electron chi connectivity index (χ4n) is 2.97. The molecule has 3 rings (SSSR count). The van der Waals surface area contributed by atoms with Gasteiger partial charge in [-0.3, -0.25) is 9.40 Å². The summed E-state index contributed by atoms with van der Waals surface area (Å²) in [7, 11) is -1.88. The maximum Gasteiger partial charge on any atom is 0.261 e. The first-order valence-electron chi connectivity index (χ1n) is 8.27. The molecule has 1 fully saturated rings. The van der Waals surface area contributed by atoms with Gasteiger partial charge in [-0.15, -0.1) is 0 Å². The zero-order valence-corrected chi connectivity index (χ0v) is 14.6. The van der Waals surface area contributed by atoms with Crippen LogP contribution in [0, 0.1) is 5.92 Å². The number of benzene rings is 1. The highest BCUT2D eigenvalue weighted by atomic mass is 32.2. The van der Waals surface area contributed by atoms with E-state index < -0.39 is 10.0 Å². The molecule has 130 valence electrons. The third kappa shape index (κ3) is 4.29. The zero-order chi connectivity index (χ0) is 17.0. The van der Waals surface area contributed by atoms with Crippen LogP contribution >= 0.6 is 0 Å². The second kappa shape index (κ2) is 7.25. The van der Waals surface area contributed by atoms with E-state index >= 15 is 0 Å². The second-order valence-corrected chi connectivity index (χ2v) is 7.98. The molecule has 2 aromatic rings. The molecule has 1 aliphatic rings. The van der Waals surface area contributed by atoms with Crippen LogP contribution in [0.1, 0.15) is 32.1 Å². The molecule has 1 aromatic carbocycles. The smallest absolute Gasteiger partial charge is 0.261 e. The van der Waals surface area contributed by atoms with Crippen molar-refractivity contribution in [2.75, 3.05) is 11.3 Å². The third-order valence-electron chi connectivity index (χ3n) is 4.30. The number of hydrogen-bond donors (Lipinski definition) is 1. The normalized spacial score (nSPS) is 16.0. The predicted molar refractivity (Wildman–Crippen MR) is 92.5 cm³/mol. The van der Waals surface area contributed by atoms with Crippen LogP contribution in [-0.2, 0) is 17.1 Å². The fraction of sp³-hybridized carbons (Fsp3) is 0.471. The van der Waals surface area contributed by atoms with E-state index in [1.165, 1.54) is 38.3 Å². The quantitative estimate of drug-likeness (QED) is 0.869. The topological polar surface area (TPSA) is 73.2 Å². The Kier molecular flexibility index (Phi) is 5.08. The number of rotatable bonds is 6. The lowest BCUT2D eigenvalue weighted by molar-refractivity contribution is 0.209. The van der Waals surface area contributed by atoms with E-state index in [2.05, 4.69) is 9.82 Å². The predicted octanol–water partition coefficient (Wildman–Crippen LogP) is 3.18. The summed E-state index contributed by atoms with van der Waals surface area (Å²) in [6.07, 6.45) is 9.42. The van der Waals surface area contributed by atoms with E-state index in [1.54, 1.807) is 42.2 Å². The lowest BCUT2D eigenvalue weighted by Gasteiger charge is -2.21. The summed E-state index contributed by atoms with van der Waals surface area (Å²) >= 11 is 0. The van der Waals surface area contributed by atoms with Crippen LogP contribution in [0.25, 0.3) is 0 Å². The molecular weight excluding hydrogens is 326 g/mol. The molecule has 0 bridgehead atoms. The molecule has 0 radical (unpaired) electrons. The Morgan fingerprint density at radius 2 is 1.92 bits per heavy atom. The Balaban J connectivity index is 1.60. The summed E-state index contributed by atoms with van der Waals surface area (Å²) in [5.74, 6) is 1.33. The molecule has 1 heterocycles. The fourth-order valence-corrected chi connectivity index (χ4v) is 4.00. The van der Waals surface area contributed by atoms with Crippen molar-refractivity contribution >= 4 is 15.7 Å². The summed E-state index contributed by atoms with van der Waals surface area (Å²) in [6.45, 7) is 0.708. The number of hydrogen-bond acceptors (Lipinski definition) is 4. The molecule has 0 aliphatic heterocycles. The van der Waals surface area contributed by atoms with E-state index in [1.807, 2.05) is 0 Å². The number of nitrogens with one attached hydrogen (secondary N) is 1. The van der Waals surface area contributed by atoms with E-state index in [-0.39, 0.29) is 4.90 Å². The summed E-state index contributed by atoms with van der Waals surface area (Å²) in [5.41, 5.74) is 0.440. The highest BCUT2D eigenvalue weighted by molar-refractivity contribution is 7.92. The first-order chi connectivity index (χ1) is 11.5. The minimum absolute atomic E-state index is 0.205. The Labute approximate surface area is 142 Å². The molecule has 0 amide bonds. The number of nitrogens with zero attached hydrogens (tertiary/aromatic N) is 2. The summed E-state index contributed by atoms with van der Waals surface area (Å²) < 4.78 is 34.5. The van der Waals surface area contributed by atoms with Crippen molar-refractivity contribution in [3.05, 3.63) is 36.7 Å². The largest absolute Gasteiger partial charge is 0.493 e. The van der Waals surface area contributed by atoms with Gasteiger partial charge in [0.05, 0.1) is 23.4 Å². The third-order valence-corrected chi connectivity index (χ3v) is 5.70. The number of aryl methyl sites for hydroxylation is 1. The average Bonchev–Trinajstić information content (AvgIpc) is 2.98. The molecule has 0 unspecified atom stereocenters. The molecule has 6 nitrogen and oxygen atoms in total. The van der Waals surface area contributed by atoms with Crippen LogP contribution in [0.2, 0.25) is 0 Å². The average molecular weight is 349 g/mol. The Morgan fingerprint density at radius 1 is 1.21 bits per heavy atom. The van der Waals surface area contributed by atoms with Crippen LogP contribution in [0.15, 0.2) is 41.6 Å². The van der Waals surface area contributed by atoms with Gasteiger partial charge in [-0.25, -0.2) is 8.42 Å². The zero-order valence-electron chi connectivity index (χ0n) is 13.8. The van der Waals surface area contributed by atoms with Gasteiger partial charge in [0.15, 0.2) is 0 Å². The Hall–Kier alpha value is -2.02. The highest BCUT2D eigenvalue weighted by Gasteiger charge is 2.16. The van der Waals surface area contributed by atoms with Crippen molar-refractivity contribution in [2.24, 2.45) is 13.0 Å². The van der Waals surface area contributed by atoms with Crippen molar-refractivity contribution < 1.29 is 13.2 Å². The molecule has 0 atom stereocenters. The lowest BCUT2D eigenvalue weighted by atomic mass is 9.90. The Bertz CT molecular complexity index is 763. The van der Waals surface area contributed by atoms with E-state index in [4.69, 9.17) is 4.74 Å². The summed E-state index contributed by atoms with van der Waals surface area (Å²) in [6, 6.07) is 6.55. The SMILES string of the molecule is Cn1cc(NS(=O)(=O)c2ccc(OCC3CCCCC3)cc2)cn1. The van der Waals surface area contributed by atoms with Crippen molar-refractivity contribution in [2.45, 2.75) is 37.0 Å². The number of aromatic nitrogens is 2. The van der Waals surface area contributed by atoms with Gasteiger partial charge in [0.1, 0.15) is 5.75 Å². The van der Waals surface area contributed by atoms with Crippen LogP contribution in [0.5, 0.6) is 5.75 Å². The molecule has 0 saturated heterocycles. The Morgan fingerprint density at radius 3 is 2.54 bits per heavy atom. The van der Waals surface area contributed by atoms with Crippen LogP contribution in [0.3, 0.4) is 0 Å². The van der Waals surface area contributed by atoms with Crippen LogP contribution < -0.4 is 9.46 Å². The summed E-state index contributed by atoms with van der Waals surface area (Å²) in [5, 5.41) is 3.95. The van der Waals surface area contributed by atoms with Crippen molar-refractivity contribution in [1.29, 1.82) is 0 Å². The van der Waals surface area contributed by atoms with E-state index in [0.717, 1.165) is 0 Å². The van der Waals surface area contributed by atoms with Gasteiger partial charge < -0.3 is 4.74 Å². The first kappa shape index (κ1) is 16.8. The van der Waals surface area contributed by atoms with Gasteiger partial charge in [-0.1, -0.05) is 19.3 Å². The first-order valence-corrected chi connectivity index (χ1v) is 9.75. The number of ether oxygens (including phenoxy) is 1. The van der Waals surface area contributed by atoms with Gasteiger partial charge in [0.25, 0.3) is 10.0 Å². The monoisotopic (exact) mass is 349 g/mol.